The lowest BCUT2D eigenvalue weighted by Crippen LogP contribution is -2.39. The molecule has 28 heavy (non-hydrogen) atoms. The predicted molar refractivity (Wildman–Crippen MR) is 111 cm³/mol. The lowest BCUT2D eigenvalue weighted by atomic mass is 9.91. The van der Waals surface area contributed by atoms with Crippen LogP contribution >= 0.6 is 0 Å². The van der Waals surface area contributed by atoms with Gasteiger partial charge in [-0.05, 0) is 44.4 Å². The molecule has 2 aromatic rings. The maximum absolute atomic E-state index is 12.8. The van der Waals surface area contributed by atoms with Gasteiger partial charge in [-0.25, -0.2) is 4.98 Å². The Bertz CT molecular complexity index is 848. The van der Waals surface area contributed by atoms with Gasteiger partial charge in [0.25, 0.3) is 0 Å². The molecule has 3 heterocycles. The van der Waals surface area contributed by atoms with Crippen LogP contribution in [0.15, 0.2) is 24.3 Å². The number of imidazole rings is 1. The molecule has 0 bridgehead atoms. The number of fused-ring (bicyclic) bond motifs is 1. The standard InChI is InChI=1S/C23H32N4O/c1-4-18-6-5-7-19(14-18)15-22(28)26-10-8-20(9-11-26)23-21-16-25(3)12-13-27(21)17(2)24-23/h5-7,14,20H,4,8-13,15-16H2,1-3H3. The second-order valence-corrected chi connectivity index (χ2v) is 8.39. The number of likely N-dealkylation sites (N-methyl/N-ethyl adjacent to an activating group) is 1. The van der Waals surface area contributed by atoms with Crippen molar-refractivity contribution in [2.75, 3.05) is 26.7 Å². The quantitative estimate of drug-likeness (QED) is 0.818. The van der Waals surface area contributed by atoms with Gasteiger partial charge in [0.1, 0.15) is 5.82 Å². The van der Waals surface area contributed by atoms with Gasteiger partial charge in [-0.1, -0.05) is 31.2 Å². The summed E-state index contributed by atoms with van der Waals surface area (Å²) in [5.74, 6) is 1.89. The fourth-order valence-electron chi connectivity index (χ4n) is 4.68. The number of nitrogens with zero attached hydrogens (tertiary/aromatic N) is 4. The lowest BCUT2D eigenvalue weighted by Gasteiger charge is -2.33. The van der Waals surface area contributed by atoms with Gasteiger partial charge in [-0.15, -0.1) is 0 Å². The Morgan fingerprint density at radius 2 is 1.89 bits per heavy atom. The highest BCUT2D eigenvalue weighted by Crippen LogP contribution is 2.32. The highest BCUT2D eigenvalue weighted by atomic mass is 16.2. The van der Waals surface area contributed by atoms with Gasteiger partial charge in [-0.3, -0.25) is 9.69 Å². The van der Waals surface area contributed by atoms with Crippen LogP contribution in [0.25, 0.3) is 0 Å². The van der Waals surface area contributed by atoms with Crippen LogP contribution in [-0.2, 0) is 30.7 Å². The van der Waals surface area contributed by atoms with Crippen LogP contribution < -0.4 is 0 Å². The topological polar surface area (TPSA) is 41.4 Å². The molecule has 0 radical (unpaired) electrons. The molecule has 0 N–H and O–H groups in total. The largest absolute Gasteiger partial charge is 0.342 e. The van der Waals surface area contributed by atoms with E-state index < -0.39 is 0 Å². The highest BCUT2D eigenvalue weighted by Gasteiger charge is 2.30. The molecule has 1 aromatic carbocycles. The van der Waals surface area contributed by atoms with Crippen molar-refractivity contribution in [3.8, 4) is 0 Å². The van der Waals surface area contributed by atoms with Gasteiger partial charge in [0.15, 0.2) is 0 Å². The Kier molecular flexibility index (Phi) is 5.54. The summed E-state index contributed by atoms with van der Waals surface area (Å²) in [6.45, 7) is 9.09. The van der Waals surface area contributed by atoms with Crippen LogP contribution in [0.3, 0.4) is 0 Å². The second kappa shape index (κ2) is 8.08. The molecule has 150 valence electrons. The van der Waals surface area contributed by atoms with Crippen molar-refractivity contribution in [3.05, 3.63) is 52.6 Å². The van der Waals surface area contributed by atoms with Gasteiger partial charge in [0.05, 0.1) is 17.8 Å². The minimum absolute atomic E-state index is 0.259. The van der Waals surface area contributed by atoms with E-state index in [0.717, 1.165) is 63.4 Å². The smallest absolute Gasteiger partial charge is 0.226 e. The van der Waals surface area contributed by atoms with E-state index in [0.29, 0.717) is 12.3 Å². The van der Waals surface area contributed by atoms with Crippen LogP contribution in [0.1, 0.15) is 54.0 Å². The van der Waals surface area contributed by atoms with Crippen molar-refractivity contribution in [2.24, 2.45) is 0 Å². The summed E-state index contributed by atoms with van der Waals surface area (Å²) in [4.78, 5) is 22.2. The molecule has 0 aliphatic carbocycles. The number of rotatable bonds is 4. The van der Waals surface area contributed by atoms with Crippen molar-refractivity contribution in [1.29, 1.82) is 0 Å². The summed E-state index contributed by atoms with van der Waals surface area (Å²) in [5, 5.41) is 0. The van der Waals surface area contributed by atoms with E-state index in [2.05, 4.69) is 59.5 Å². The van der Waals surface area contributed by atoms with Crippen LogP contribution in [0.4, 0.5) is 0 Å². The number of likely N-dealkylation sites (tertiary alicyclic amines) is 1. The summed E-state index contributed by atoms with van der Waals surface area (Å²) in [6.07, 6.45) is 3.57. The van der Waals surface area contributed by atoms with Crippen molar-refractivity contribution in [3.63, 3.8) is 0 Å². The van der Waals surface area contributed by atoms with E-state index in [1.54, 1.807) is 0 Å². The third kappa shape index (κ3) is 3.86. The molecule has 2 aliphatic heterocycles. The average Bonchev–Trinajstić information content (AvgIpc) is 3.04. The van der Waals surface area contributed by atoms with E-state index in [1.165, 1.54) is 17.0 Å². The fourth-order valence-corrected chi connectivity index (χ4v) is 4.68. The normalized spacial score (nSPS) is 18.3. The first-order valence-corrected chi connectivity index (χ1v) is 10.6. The van der Waals surface area contributed by atoms with Crippen molar-refractivity contribution in [1.82, 2.24) is 19.4 Å². The first kappa shape index (κ1) is 19.2. The lowest BCUT2D eigenvalue weighted by molar-refractivity contribution is -0.131. The first-order valence-electron chi connectivity index (χ1n) is 10.6. The monoisotopic (exact) mass is 380 g/mol. The summed E-state index contributed by atoms with van der Waals surface area (Å²) in [5.41, 5.74) is 5.11. The Morgan fingerprint density at radius 1 is 1.14 bits per heavy atom. The molecule has 1 aromatic heterocycles. The van der Waals surface area contributed by atoms with Gasteiger partial charge in [0, 0.05) is 38.6 Å². The van der Waals surface area contributed by atoms with Gasteiger partial charge >= 0.3 is 0 Å². The summed E-state index contributed by atoms with van der Waals surface area (Å²) < 4.78 is 2.40. The number of amides is 1. The molecular formula is C23H32N4O. The van der Waals surface area contributed by atoms with E-state index in [9.17, 15) is 4.79 Å². The molecule has 0 saturated carbocycles. The van der Waals surface area contributed by atoms with Crippen LogP contribution in [0.2, 0.25) is 0 Å². The average molecular weight is 381 g/mol. The SMILES string of the molecule is CCc1cccc(CC(=O)N2CCC(c3nc(C)n4c3CN(C)CC4)CC2)c1. The molecule has 1 fully saturated rings. The molecule has 5 heteroatoms. The van der Waals surface area contributed by atoms with E-state index in [-0.39, 0.29) is 5.91 Å². The third-order valence-electron chi connectivity index (χ3n) is 6.41. The van der Waals surface area contributed by atoms with Gasteiger partial charge in [-0.2, -0.15) is 0 Å². The van der Waals surface area contributed by atoms with Crippen LogP contribution in [0, 0.1) is 6.92 Å². The van der Waals surface area contributed by atoms with E-state index in [4.69, 9.17) is 4.98 Å². The van der Waals surface area contributed by atoms with Crippen LogP contribution in [0.5, 0.6) is 0 Å². The molecule has 1 amide bonds. The Balaban J connectivity index is 1.39. The molecule has 1 saturated heterocycles. The zero-order chi connectivity index (χ0) is 19.7. The molecule has 0 atom stereocenters. The summed E-state index contributed by atoms with van der Waals surface area (Å²) >= 11 is 0. The van der Waals surface area contributed by atoms with Gasteiger partial charge < -0.3 is 9.47 Å². The number of aromatic nitrogens is 2. The number of carbonyl (C=O) groups is 1. The third-order valence-corrected chi connectivity index (χ3v) is 6.41. The zero-order valence-corrected chi connectivity index (χ0v) is 17.4. The van der Waals surface area contributed by atoms with Crippen molar-refractivity contribution >= 4 is 5.91 Å². The summed E-state index contributed by atoms with van der Waals surface area (Å²) in [7, 11) is 2.18. The van der Waals surface area contributed by atoms with Gasteiger partial charge in [0.2, 0.25) is 5.91 Å². The number of benzene rings is 1. The Morgan fingerprint density at radius 3 is 2.64 bits per heavy atom. The molecule has 0 unspecified atom stereocenters. The summed E-state index contributed by atoms with van der Waals surface area (Å²) in [6, 6.07) is 8.43. The number of piperidine rings is 1. The number of hydrogen-bond donors (Lipinski definition) is 0. The minimum atomic E-state index is 0.259. The first-order chi connectivity index (χ1) is 13.5. The Hall–Kier alpha value is -2.14. The van der Waals surface area contributed by atoms with E-state index >= 15 is 0 Å². The molecule has 0 spiro atoms. The predicted octanol–water partition coefficient (Wildman–Crippen LogP) is 3.15. The number of aryl methyl sites for hydroxylation is 2. The van der Waals surface area contributed by atoms with Crippen LogP contribution in [-0.4, -0.2) is 51.9 Å². The zero-order valence-electron chi connectivity index (χ0n) is 17.4. The van der Waals surface area contributed by atoms with E-state index in [1.807, 2.05) is 0 Å². The highest BCUT2D eigenvalue weighted by molar-refractivity contribution is 5.79. The molecule has 4 rings (SSSR count). The second-order valence-electron chi connectivity index (χ2n) is 8.39. The maximum atomic E-state index is 12.8. The number of hydrogen-bond acceptors (Lipinski definition) is 3. The fraction of sp³-hybridized carbons (Fsp3) is 0.565. The molecular weight excluding hydrogens is 348 g/mol. The number of carbonyl (C=O) groups excluding carboxylic acids is 1. The minimum Gasteiger partial charge on any atom is -0.342 e. The van der Waals surface area contributed by atoms with Crippen molar-refractivity contribution < 1.29 is 4.79 Å². The van der Waals surface area contributed by atoms with Crippen molar-refractivity contribution in [2.45, 2.75) is 58.5 Å². The molecule has 2 aliphatic rings. The Labute approximate surface area is 168 Å². The molecule has 5 nitrogen and oxygen atoms in total. The maximum Gasteiger partial charge on any atom is 0.226 e.